The largest absolute Gasteiger partial charge is 0.493 e. The summed E-state index contributed by atoms with van der Waals surface area (Å²) in [6.07, 6.45) is 1.39. The summed E-state index contributed by atoms with van der Waals surface area (Å²) in [7, 11) is 3.12. The first-order valence-corrected chi connectivity index (χ1v) is 8.18. The van der Waals surface area contributed by atoms with Gasteiger partial charge in [-0.25, -0.2) is 0 Å². The molecule has 1 N–H and O–H groups in total. The van der Waals surface area contributed by atoms with Crippen LogP contribution in [0.25, 0.3) is 0 Å². The fourth-order valence-electron chi connectivity index (χ4n) is 2.38. The maximum atomic E-state index is 12.2. The standard InChI is InChI=1S/C19H20ClNO4/c1-24-17-8-5-14(10-18(17)25-2)11-19(23)21-16-6-3-13(4-7-16)9-15(20)12-22/h3-8,10,12,15H,9,11H2,1-2H3,(H,21,23). The average Bonchev–Trinajstić information content (AvgIpc) is 2.63. The Balaban J connectivity index is 1.97. The number of halogens is 1. The van der Waals surface area contributed by atoms with E-state index in [1.54, 1.807) is 38.5 Å². The van der Waals surface area contributed by atoms with Crippen molar-refractivity contribution in [2.24, 2.45) is 0 Å². The fourth-order valence-corrected chi connectivity index (χ4v) is 2.56. The molecule has 2 aromatic carbocycles. The molecular weight excluding hydrogens is 342 g/mol. The number of benzene rings is 2. The fraction of sp³-hybridized carbons (Fsp3) is 0.263. The first kappa shape index (κ1) is 18.8. The Labute approximate surface area is 151 Å². The molecule has 2 aromatic rings. The molecule has 2 rings (SSSR count). The van der Waals surface area contributed by atoms with Gasteiger partial charge in [-0.3, -0.25) is 4.79 Å². The van der Waals surface area contributed by atoms with Crippen LogP contribution >= 0.6 is 11.6 Å². The van der Waals surface area contributed by atoms with E-state index in [1.165, 1.54) is 0 Å². The van der Waals surface area contributed by atoms with E-state index in [0.717, 1.165) is 11.1 Å². The molecule has 0 fully saturated rings. The predicted octanol–water partition coefficient (Wildman–Crippen LogP) is 3.23. The van der Waals surface area contributed by atoms with Crippen LogP contribution in [0.4, 0.5) is 5.69 Å². The summed E-state index contributed by atoms with van der Waals surface area (Å²) < 4.78 is 10.4. The minimum atomic E-state index is -0.537. The van der Waals surface area contributed by atoms with Gasteiger partial charge < -0.3 is 19.6 Å². The second-order valence-corrected chi connectivity index (χ2v) is 6.03. The first-order chi connectivity index (χ1) is 12.0. The van der Waals surface area contributed by atoms with E-state index in [1.807, 2.05) is 18.2 Å². The number of alkyl halides is 1. The van der Waals surface area contributed by atoms with Crippen molar-refractivity contribution in [3.05, 3.63) is 53.6 Å². The van der Waals surface area contributed by atoms with Crippen molar-refractivity contribution in [2.75, 3.05) is 19.5 Å². The first-order valence-electron chi connectivity index (χ1n) is 7.74. The number of rotatable bonds is 8. The topological polar surface area (TPSA) is 64.6 Å². The second-order valence-electron chi connectivity index (χ2n) is 5.47. The average molecular weight is 362 g/mol. The zero-order chi connectivity index (χ0) is 18.2. The molecule has 132 valence electrons. The Morgan fingerprint density at radius 1 is 1.08 bits per heavy atom. The number of carbonyl (C=O) groups excluding carboxylic acids is 2. The molecule has 0 heterocycles. The van der Waals surface area contributed by atoms with Gasteiger partial charge in [-0.05, 0) is 41.8 Å². The van der Waals surface area contributed by atoms with Crippen molar-refractivity contribution in [3.63, 3.8) is 0 Å². The Hall–Kier alpha value is -2.53. The number of anilines is 1. The maximum Gasteiger partial charge on any atom is 0.228 e. The molecule has 0 bridgehead atoms. The van der Waals surface area contributed by atoms with Crippen molar-refractivity contribution in [2.45, 2.75) is 18.2 Å². The lowest BCUT2D eigenvalue weighted by Gasteiger charge is -2.10. The monoisotopic (exact) mass is 361 g/mol. The van der Waals surface area contributed by atoms with Crippen molar-refractivity contribution in [3.8, 4) is 11.5 Å². The Bertz CT molecular complexity index is 731. The van der Waals surface area contributed by atoms with Gasteiger partial charge in [0, 0.05) is 5.69 Å². The molecule has 1 unspecified atom stereocenters. The van der Waals surface area contributed by atoms with Gasteiger partial charge >= 0.3 is 0 Å². The van der Waals surface area contributed by atoms with E-state index in [9.17, 15) is 9.59 Å². The van der Waals surface area contributed by atoms with Crippen LogP contribution in [0, 0.1) is 0 Å². The third kappa shape index (κ3) is 5.50. The van der Waals surface area contributed by atoms with Crippen LogP contribution in [-0.2, 0) is 22.4 Å². The highest BCUT2D eigenvalue weighted by Crippen LogP contribution is 2.27. The highest BCUT2D eigenvalue weighted by Gasteiger charge is 2.09. The van der Waals surface area contributed by atoms with Crippen molar-refractivity contribution >= 4 is 29.5 Å². The Morgan fingerprint density at radius 3 is 2.32 bits per heavy atom. The number of hydrogen-bond acceptors (Lipinski definition) is 4. The number of methoxy groups -OCH3 is 2. The molecular formula is C19H20ClNO4. The number of amides is 1. The van der Waals surface area contributed by atoms with E-state index < -0.39 is 5.38 Å². The maximum absolute atomic E-state index is 12.2. The normalized spacial score (nSPS) is 11.5. The Kier molecular flexibility index (Phi) is 6.83. The molecule has 0 radical (unpaired) electrons. The quantitative estimate of drug-likeness (QED) is 0.579. The van der Waals surface area contributed by atoms with Gasteiger partial charge in [0.05, 0.1) is 26.0 Å². The van der Waals surface area contributed by atoms with Crippen LogP contribution in [0.1, 0.15) is 11.1 Å². The smallest absolute Gasteiger partial charge is 0.228 e. The summed E-state index contributed by atoms with van der Waals surface area (Å²) in [5.41, 5.74) is 2.44. The highest BCUT2D eigenvalue weighted by molar-refractivity contribution is 6.27. The van der Waals surface area contributed by atoms with Crippen molar-refractivity contribution < 1.29 is 19.1 Å². The van der Waals surface area contributed by atoms with Gasteiger partial charge in [-0.2, -0.15) is 0 Å². The lowest BCUT2D eigenvalue weighted by molar-refractivity contribution is -0.115. The lowest BCUT2D eigenvalue weighted by Crippen LogP contribution is -2.14. The molecule has 1 atom stereocenters. The third-order valence-electron chi connectivity index (χ3n) is 3.63. The van der Waals surface area contributed by atoms with Crippen LogP contribution in [0.2, 0.25) is 0 Å². The molecule has 0 saturated heterocycles. The van der Waals surface area contributed by atoms with Crippen LogP contribution < -0.4 is 14.8 Å². The second kappa shape index (κ2) is 9.08. The zero-order valence-electron chi connectivity index (χ0n) is 14.1. The van der Waals surface area contributed by atoms with E-state index in [2.05, 4.69) is 5.32 Å². The van der Waals surface area contributed by atoms with Crippen molar-refractivity contribution in [1.29, 1.82) is 0 Å². The van der Waals surface area contributed by atoms with Crippen LogP contribution in [0.15, 0.2) is 42.5 Å². The number of carbonyl (C=O) groups is 2. The number of hydrogen-bond donors (Lipinski definition) is 1. The molecule has 0 aliphatic carbocycles. The van der Waals surface area contributed by atoms with E-state index >= 15 is 0 Å². The van der Waals surface area contributed by atoms with E-state index in [4.69, 9.17) is 21.1 Å². The summed E-state index contributed by atoms with van der Waals surface area (Å²) in [6, 6.07) is 12.6. The third-order valence-corrected chi connectivity index (χ3v) is 3.89. The number of aldehydes is 1. The summed E-state index contributed by atoms with van der Waals surface area (Å²) in [5, 5.41) is 2.30. The lowest BCUT2D eigenvalue weighted by atomic mass is 10.1. The molecule has 1 amide bonds. The molecule has 5 nitrogen and oxygen atoms in total. The van der Waals surface area contributed by atoms with E-state index in [-0.39, 0.29) is 12.3 Å². The summed E-state index contributed by atoms with van der Waals surface area (Å²) in [5.74, 6) is 1.07. The van der Waals surface area contributed by atoms with Gasteiger partial charge in [0.1, 0.15) is 6.29 Å². The van der Waals surface area contributed by atoms with Gasteiger partial charge in [-0.1, -0.05) is 18.2 Å². The van der Waals surface area contributed by atoms with Crippen LogP contribution in [0.3, 0.4) is 0 Å². The molecule has 0 aliphatic rings. The zero-order valence-corrected chi connectivity index (χ0v) is 14.9. The number of nitrogens with one attached hydrogen (secondary N) is 1. The highest BCUT2D eigenvalue weighted by atomic mass is 35.5. The molecule has 6 heteroatoms. The van der Waals surface area contributed by atoms with Gasteiger partial charge in [0.2, 0.25) is 5.91 Å². The van der Waals surface area contributed by atoms with Gasteiger partial charge in [0.15, 0.2) is 11.5 Å². The molecule has 0 aromatic heterocycles. The minimum absolute atomic E-state index is 0.136. The minimum Gasteiger partial charge on any atom is -0.493 e. The number of ether oxygens (including phenoxy) is 2. The van der Waals surface area contributed by atoms with E-state index in [0.29, 0.717) is 29.9 Å². The summed E-state index contributed by atoms with van der Waals surface area (Å²) in [6.45, 7) is 0. The molecule has 0 saturated carbocycles. The predicted molar refractivity (Wildman–Crippen MR) is 97.7 cm³/mol. The van der Waals surface area contributed by atoms with Gasteiger partial charge in [-0.15, -0.1) is 11.6 Å². The Morgan fingerprint density at radius 2 is 1.72 bits per heavy atom. The summed E-state index contributed by atoms with van der Waals surface area (Å²) >= 11 is 5.80. The molecule has 0 spiro atoms. The van der Waals surface area contributed by atoms with Crippen LogP contribution in [-0.4, -0.2) is 31.8 Å². The van der Waals surface area contributed by atoms with Crippen molar-refractivity contribution in [1.82, 2.24) is 0 Å². The molecule has 25 heavy (non-hydrogen) atoms. The SMILES string of the molecule is COc1ccc(CC(=O)Nc2ccc(CC(Cl)C=O)cc2)cc1OC. The molecule has 0 aliphatic heterocycles. The van der Waals surface area contributed by atoms with Gasteiger partial charge in [0.25, 0.3) is 0 Å². The van der Waals surface area contributed by atoms with Crippen LogP contribution in [0.5, 0.6) is 11.5 Å². The summed E-state index contributed by atoms with van der Waals surface area (Å²) in [4.78, 5) is 22.8.